The molecule has 1 aromatic carbocycles. The second kappa shape index (κ2) is 5.56. The molecule has 0 aliphatic heterocycles. The molecule has 104 valence electrons. The maximum absolute atomic E-state index is 12.0. The molecule has 0 fully saturated rings. The first kappa shape index (κ1) is 13.8. The summed E-state index contributed by atoms with van der Waals surface area (Å²) in [7, 11) is 1.28. The largest absolute Gasteiger partial charge is 0.481 e. The molecular weight excluding hydrogens is 262 g/mol. The molecule has 0 bridgehead atoms. The summed E-state index contributed by atoms with van der Waals surface area (Å²) in [4.78, 5) is 33.9. The predicted molar refractivity (Wildman–Crippen MR) is 70.8 cm³/mol. The van der Waals surface area contributed by atoms with E-state index in [-0.39, 0.29) is 18.7 Å². The molecule has 0 atom stereocenters. The van der Waals surface area contributed by atoms with Gasteiger partial charge in [-0.25, -0.2) is 4.79 Å². The maximum atomic E-state index is 12.0. The summed E-state index contributed by atoms with van der Waals surface area (Å²) in [6.45, 7) is 0. The van der Waals surface area contributed by atoms with Crippen LogP contribution in [0.1, 0.15) is 28.0 Å². The van der Waals surface area contributed by atoms with Crippen molar-refractivity contribution in [3.8, 4) is 0 Å². The zero-order chi connectivity index (χ0) is 14.7. The van der Waals surface area contributed by atoms with Crippen LogP contribution in [0, 0.1) is 0 Å². The van der Waals surface area contributed by atoms with E-state index in [1.165, 1.54) is 11.7 Å². The lowest BCUT2D eigenvalue weighted by Crippen LogP contribution is -2.11. The SMILES string of the molecule is COC(=O)c1ccc2ccn(C(=O)CCC(=O)O)c2c1. The van der Waals surface area contributed by atoms with Crippen LogP contribution >= 0.6 is 0 Å². The van der Waals surface area contributed by atoms with Gasteiger partial charge in [-0.05, 0) is 18.2 Å². The number of carbonyl (C=O) groups is 3. The van der Waals surface area contributed by atoms with Gasteiger partial charge in [-0.1, -0.05) is 6.07 Å². The fourth-order valence-electron chi connectivity index (χ4n) is 1.92. The smallest absolute Gasteiger partial charge is 0.337 e. The van der Waals surface area contributed by atoms with Gasteiger partial charge in [0.2, 0.25) is 5.91 Å². The predicted octanol–water partition coefficient (Wildman–Crippen LogP) is 1.93. The Morgan fingerprint density at radius 2 is 1.95 bits per heavy atom. The van der Waals surface area contributed by atoms with E-state index in [0.717, 1.165) is 5.39 Å². The third-order valence-corrected chi connectivity index (χ3v) is 2.94. The van der Waals surface area contributed by atoms with E-state index < -0.39 is 11.9 Å². The minimum absolute atomic E-state index is 0.0957. The van der Waals surface area contributed by atoms with E-state index in [0.29, 0.717) is 11.1 Å². The maximum Gasteiger partial charge on any atom is 0.337 e. The number of ether oxygens (including phenoxy) is 1. The van der Waals surface area contributed by atoms with Gasteiger partial charge < -0.3 is 9.84 Å². The number of carboxylic acids is 1. The summed E-state index contributed by atoms with van der Waals surface area (Å²) in [5, 5.41) is 9.39. The van der Waals surface area contributed by atoms with Crippen molar-refractivity contribution in [3.63, 3.8) is 0 Å². The van der Waals surface area contributed by atoms with Crippen LogP contribution < -0.4 is 0 Å². The summed E-state index contributed by atoms with van der Waals surface area (Å²) in [6, 6.07) is 6.61. The Hall–Kier alpha value is -2.63. The fraction of sp³-hybridized carbons (Fsp3) is 0.214. The van der Waals surface area contributed by atoms with Crippen molar-refractivity contribution in [3.05, 3.63) is 36.0 Å². The first-order valence-corrected chi connectivity index (χ1v) is 5.97. The van der Waals surface area contributed by atoms with Crippen LogP contribution in [0.2, 0.25) is 0 Å². The summed E-state index contributed by atoms with van der Waals surface area (Å²) >= 11 is 0. The van der Waals surface area contributed by atoms with Gasteiger partial charge in [-0.3, -0.25) is 14.2 Å². The summed E-state index contributed by atoms with van der Waals surface area (Å²) in [5.74, 6) is -1.84. The third kappa shape index (κ3) is 2.69. The normalized spacial score (nSPS) is 10.4. The van der Waals surface area contributed by atoms with E-state index in [4.69, 9.17) is 5.11 Å². The van der Waals surface area contributed by atoms with Crippen LogP contribution in [0.5, 0.6) is 0 Å². The summed E-state index contributed by atoms with van der Waals surface area (Å²) in [6.07, 6.45) is 1.24. The number of methoxy groups -OCH3 is 1. The van der Waals surface area contributed by atoms with Gasteiger partial charge in [-0.15, -0.1) is 0 Å². The number of nitrogens with zero attached hydrogens (tertiary/aromatic N) is 1. The number of aromatic nitrogens is 1. The molecule has 1 aromatic heterocycles. The Balaban J connectivity index is 2.36. The van der Waals surface area contributed by atoms with Crippen LogP contribution in [-0.4, -0.2) is 34.6 Å². The molecule has 2 aromatic rings. The van der Waals surface area contributed by atoms with Gasteiger partial charge in [-0.2, -0.15) is 0 Å². The summed E-state index contributed by atoms with van der Waals surface area (Å²) in [5.41, 5.74) is 0.897. The van der Waals surface area contributed by atoms with Crippen LogP contribution in [0.25, 0.3) is 10.9 Å². The molecule has 0 saturated carbocycles. The zero-order valence-corrected chi connectivity index (χ0v) is 10.8. The number of hydrogen-bond donors (Lipinski definition) is 1. The molecule has 0 spiro atoms. The Kier molecular flexibility index (Phi) is 3.84. The van der Waals surface area contributed by atoms with E-state index in [1.807, 2.05) is 0 Å². The highest BCUT2D eigenvalue weighted by molar-refractivity contribution is 5.98. The second-order valence-corrected chi connectivity index (χ2v) is 4.24. The number of benzene rings is 1. The molecule has 6 heteroatoms. The Morgan fingerprint density at radius 3 is 2.60 bits per heavy atom. The third-order valence-electron chi connectivity index (χ3n) is 2.94. The van der Waals surface area contributed by atoms with Crippen LogP contribution in [0.3, 0.4) is 0 Å². The molecule has 0 unspecified atom stereocenters. The fourth-order valence-corrected chi connectivity index (χ4v) is 1.92. The lowest BCUT2D eigenvalue weighted by atomic mass is 10.1. The lowest BCUT2D eigenvalue weighted by Gasteiger charge is -2.04. The molecule has 0 radical (unpaired) electrons. The molecule has 2 rings (SSSR count). The van der Waals surface area contributed by atoms with E-state index in [1.54, 1.807) is 30.5 Å². The van der Waals surface area contributed by atoms with Crippen molar-refractivity contribution in [1.82, 2.24) is 4.57 Å². The Bertz CT molecular complexity index is 686. The average molecular weight is 275 g/mol. The van der Waals surface area contributed by atoms with Crippen molar-refractivity contribution in [2.45, 2.75) is 12.8 Å². The number of fused-ring (bicyclic) bond motifs is 1. The highest BCUT2D eigenvalue weighted by Gasteiger charge is 2.13. The molecular formula is C14H13NO5. The highest BCUT2D eigenvalue weighted by atomic mass is 16.5. The molecule has 0 amide bonds. The van der Waals surface area contributed by atoms with Crippen LogP contribution in [-0.2, 0) is 9.53 Å². The molecule has 0 aliphatic rings. The van der Waals surface area contributed by atoms with E-state index in [9.17, 15) is 14.4 Å². The summed E-state index contributed by atoms with van der Waals surface area (Å²) < 4.78 is 5.98. The molecule has 1 heterocycles. The van der Waals surface area contributed by atoms with Gasteiger partial charge in [0.05, 0.1) is 24.6 Å². The number of aliphatic carboxylic acids is 1. The Morgan fingerprint density at radius 1 is 1.20 bits per heavy atom. The van der Waals surface area contributed by atoms with Crippen molar-refractivity contribution in [2.75, 3.05) is 7.11 Å². The van der Waals surface area contributed by atoms with Crippen molar-refractivity contribution in [2.24, 2.45) is 0 Å². The minimum Gasteiger partial charge on any atom is -0.481 e. The monoisotopic (exact) mass is 275 g/mol. The van der Waals surface area contributed by atoms with Gasteiger partial charge in [0.1, 0.15) is 0 Å². The van der Waals surface area contributed by atoms with Crippen LogP contribution in [0.4, 0.5) is 0 Å². The van der Waals surface area contributed by atoms with Gasteiger partial charge in [0, 0.05) is 18.0 Å². The molecule has 0 saturated heterocycles. The van der Waals surface area contributed by atoms with Gasteiger partial charge >= 0.3 is 11.9 Å². The molecule has 1 N–H and O–H groups in total. The second-order valence-electron chi connectivity index (χ2n) is 4.24. The number of rotatable bonds is 4. The standard InChI is InChI=1S/C14H13NO5/c1-20-14(19)10-3-2-9-6-7-15(11(9)8-10)12(16)4-5-13(17)18/h2-3,6-8H,4-5H2,1H3,(H,17,18). The molecule has 6 nitrogen and oxygen atoms in total. The number of hydrogen-bond acceptors (Lipinski definition) is 4. The molecule has 20 heavy (non-hydrogen) atoms. The van der Waals surface area contributed by atoms with Gasteiger partial charge in [0.25, 0.3) is 0 Å². The average Bonchev–Trinajstić information content (AvgIpc) is 2.86. The van der Waals surface area contributed by atoms with Crippen LogP contribution in [0.15, 0.2) is 30.5 Å². The first-order valence-electron chi connectivity index (χ1n) is 5.97. The van der Waals surface area contributed by atoms with Gasteiger partial charge in [0.15, 0.2) is 0 Å². The van der Waals surface area contributed by atoms with Crippen molar-refractivity contribution < 1.29 is 24.2 Å². The molecule has 0 aliphatic carbocycles. The number of carboxylic acid groups (broad SMARTS) is 1. The van der Waals surface area contributed by atoms with E-state index in [2.05, 4.69) is 4.74 Å². The quantitative estimate of drug-likeness (QED) is 0.862. The topological polar surface area (TPSA) is 85.6 Å². The highest BCUT2D eigenvalue weighted by Crippen LogP contribution is 2.19. The zero-order valence-electron chi connectivity index (χ0n) is 10.8. The van der Waals surface area contributed by atoms with Crippen molar-refractivity contribution >= 4 is 28.7 Å². The lowest BCUT2D eigenvalue weighted by molar-refractivity contribution is -0.137. The number of carbonyl (C=O) groups excluding carboxylic acids is 2. The van der Waals surface area contributed by atoms with Crippen molar-refractivity contribution in [1.29, 1.82) is 0 Å². The first-order chi connectivity index (χ1) is 9.52. The minimum atomic E-state index is -1.02. The van der Waals surface area contributed by atoms with E-state index >= 15 is 0 Å². The Labute approximate surface area is 114 Å². The number of esters is 1.